The number of nitrogens with zero attached hydrogens (tertiary/aromatic N) is 3. The van der Waals surface area contributed by atoms with E-state index in [0.717, 1.165) is 6.42 Å². The minimum Gasteiger partial charge on any atom is -0.353 e. The zero-order valence-corrected chi connectivity index (χ0v) is 9.02. The molecule has 1 heterocycles. The van der Waals surface area contributed by atoms with E-state index in [2.05, 4.69) is 16.4 Å². The van der Waals surface area contributed by atoms with Gasteiger partial charge in [0.2, 0.25) is 5.91 Å². The zero-order chi connectivity index (χ0) is 11.4. The first-order chi connectivity index (χ1) is 7.77. The number of carbonyl (C=O) groups is 1. The monoisotopic (exact) mass is 218 g/mol. The third-order valence-corrected chi connectivity index (χ3v) is 3.07. The van der Waals surface area contributed by atoms with Gasteiger partial charge in [0, 0.05) is 25.5 Å². The number of nitriles is 1. The Kier molecular flexibility index (Phi) is 2.91. The lowest BCUT2D eigenvalue weighted by Gasteiger charge is -2.33. The molecule has 5 heteroatoms. The fraction of sp³-hybridized carbons (Fsp3) is 0.545. The van der Waals surface area contributed by atoms with Gasteiger partial charge in [-0.15, -0.1) is 0 Å². The van der Waals surface area contributed by atoms with Gasteiger partial charge in [-0.3, -0.25) is 4.79 Å². The number of nitrogens with one attached hydrogen (secondary N) is 1. The van der Waals surface area contributed by atoms with Crippen LogP contribution < -0.4 is 5.32 Å². The molecule has 1 N–H and O–H groups in total. The van der Waals surface area contributed by atoms with Gasteiger partial charge in [0.15, 0.2) is 0 Å². The fourth-order valence-corrected chi connectivity index (χ4v) is 1.81. The number of carbonyl (C=O) groups excluding carboxylic acids is 1. The maximum Gasteiger partial charge on any atom is 0.240 e. The van der Waals surface area contributed by atoms with E-state index in [1.807, 2.05) is 10.8 Å². The molecule has 5 nitrogen and oxygen atoms in total. The van der Waals surface area contributed by atoms with E-state index in [0.29, 0.717) is 25.9 Å². The van der Waals surface area contributed by atoms with Crippen molar-refractivity contribution in [2.75, 3.05) is 6.54 Å². The van der Waals surface area contributed by atoms with Crippen LogP contribution in [0.5, 0.6) is 0 Å². The predicted molar refractivity (Wildman–Crippen MR) is 57.1 cm³/mol. The number of aromatic nitrogens is 2. The van der Waals surface area contributed by atoms with Crippen LogP contribution in [0.2, 0.25) is 0 Å². The summed E-state index contributed by atoms with van der Waals surface area (Å²) in [7, 11) is 0. The van der Waals surface area contributed by atoms with Gasteiger partial charge < -0.3 is 9.88 Å². The topological polar surface area (TPSA) is 70.7 Å². The van der Waals surface area contributed by atoms with E-state index in [9.17, 15) is 4.79 Å². The van der Waals surface area contributed by atoms with Crippen LogP contribution in [0, 0.1) is 16.7 Å². The Labute approximate surface area is 94.1 Å². The molecule has 0 aliphatic heterocycles. The first-order valence-corrected chi connectivity index (χ1v) is 5.42. The molecular weight excluding hydrogens is 204 g/mol. The summed E-state index contributed by atoms with van der Waals surface area (Å²) < 4.78 is 1.89. The van der Waals surface area contributed by atoms with E-state index < -0.39 is 5.41 Å². The van der Waals surface area contributed by atoms with E-state index in [-0.39, 0.29) is 5.91 Å². The minimum absolute atomic E-state index is 0.124. The Morgan fingerprint density at radius 3 is 2.94 bits per heavy atom. The van der Waals surface area contributed by atoms with Crippen LogP contribution in [0.1, 0.15) is 19.3 Å². The van der Waals surface area contributed by atoms with Gasteiger partial charge in [0.25, 0.3) is 0 Å². The normalized spacial score (nSPS) is 17.2. The van der Waals surface area contributed by atoms with Gasteiger partial charge in [0.1, 0.15) is 5.41 Å². The largest absolute Gasteiger partial charge is 0.353 e. The molecule has 1 aliphatic rings. The molecule has 0 unspecified atom stereocenters. The Bertz CT molecular complexity index is 400. The predicted octanol–water partition coefficient (Wildman–Crippen LogP) is 0.693. The average molecular weight is 218 g/mol. The second-order valence-corrected chi connectivity index (χ2v) is 4.10. The summed E-state index contributed by atoms with van der Waals surface area (Å²) in [5, 5.41) is 11.8. The number of rotatable bonds is 4. The van der Waals surface area contributed by atoms with Gasteiger partial charge in [-0.2, -0.15) is 5.26 Å². The minimum atomic E-state index is -0.741. The Hall–Kier alpha value is -1.83. The molecule has 1 aromatic rings. The molecule has 1 aliphatic carbocycles. The van der Waals surface area contributed by atoms with E-state index in [4.69, 9.17) is 5.26 Å². The molecule has 0 atom stereocenters. The second kappa shape index (κ2) is 4.35. The van der Waals surface area contributed by atoms with Crippen molar-refractivity contribution in [3.05, 3.63) is 18.7 Å². The van der Waals surface area contributed by atoms with E-state index in [1.165, 1.54) is 0 Å². The van der Waals surface area contributed by atoms with Gasteiger partial charge in [-0.1, -0.05) is 0 Å². The summed E-state index contributed by atoms with van der Waals surface area (Å²) in [5.41, 5.74) is -0.741. The van der Waals surface area contributed by atoms with Crippen molar-refractivity contribution >= 4 is 5.91 Å². The summed E-state index contributed by atoms with van der Waals surface area (Å²) >= 11 is 0. The summed E-state index contributed by atoms with van der Waals surface area (Å²) in [4.78, 5) is 15.7. The van der Waals surface area contributed by atoms with Crippen molar-refractivity contribution in [3.8, 4) is 6.07 Å². The third kappa shape index (κ3) is 1.91. The smallest absolute Gasteiger partial charge is 0.240 e. The summed E-state index contributed by atoms with van der Waals surface area (Å²) in [6, 6.07) is 2.13. The number of hydrogen-bond acceptors (Lipinski definition) is 3. The molecule has 1 saturated carbocycles. The van der Waals surface area contributed by atoms with Crippen LogP contribution in [0.3, 0.4) is 0 Å². The second-order valence-electron chi connectivity index (χ2n) is 4.10. The summed E-state index contributed by atoms with van der Waals surface area (Å²) in [6.07, 6.45) is 7.61. The lowest BCUT2D eigenvalue weighted by molar-refractivity contribution is -0.131. The Morgan fingerprint density at radius 1 is 1.62 bits per heavy atom. The lowest BCUT2D eigenvalue weighted by Crippen LogP contribution is -2.45. The van der Waals surface area contributed by atoms with Crippen LogP contribution in [0.25, 0.3) is 0 Å². The average Bonchev–Trinajstić information content (AvgIpc) is 2.70. The Morgan fingerprint density at radius 2 is 2.44 bits per heavy atom. The van der Waals surface area contributed by atoms with Crippen LogP contribution in [0.15, 0.2) is 18.7 Å². The highest BCUT2D eigenvalue weighted by atomic mass is 16.2. The SMILES string of the molecule is N#CC1(C(=O)NCCn2ccnc2)CCC1. The third-order valence-electron chi connectivity index (χ3n) is 3.07. The molecule has 2 rings (SSSR count). The molecule has 1 aromatic heterocycles. The molecule has 1 fully saturated rings. The van der Waals surface area contributed by atoms with Crippen molar-refractivity contribution in [1.29, 1.82) is 5.26 Å². The van der Waals surface area contributed by atoms with Crippen molar-refractivity contribution < 1.29 is 4.79 Å². The molecule has 0 bridgehead atoms. The maximum atomic E-state index is 11.7. The van der Waals surface area contributed by atoms with E-state index in [1.54, 1.807) is 12.5 Å². The molecule has 1 amide bonds. The standard InChI is InChI=1S/C11H14N4O/c12-8-11(2-1-3-11)10(16)14-5-7-15-6-4-13-9-15/h4,6,9H,1-3,5,7H2,(H,14,16). The van der Waals surface area contributed by atoms with Gasteiger partial charge in [-0.05, 0) is 19.3 Å². The molecule has 84 valence electrons. The maximum absolute atomic E-state index is 11.7. The highest BCUT2D eigenvalue weighted by molar-refractivity contribution is 5.86. The first-order valence-electron chi connectivity index (χ1n) is 5.42. The van der Waals surface area contributed by atoms with Crippen molar-refractivity contribution in [2.24, 2.45) is 5.41 Å². The number of hydrogen-bond donors (Lipinski definition) is 1. The van der Waals surface area contributed by atoms with Crippen LogP contribution >= 0.6 is 0 Å². The van der Waals surface area contributed by atoms with Crippen molar-refractivity contribution in [2.45, 2.75) is 25.8 Å². The highest BCUT2D eigenvalue weighted by Gasteiger charge is 2.44. The van der Waals surface area contributed by atoms with Crippen LogP contribution in [0.4, 0.5) is 0 Å². The molecule has 0 saturated heterocycles. The molecule has 0 spiro atoms. The molecule has 16 heavy (non-hydrogen) atoms. The first kappa shape index (κ1) is 10.7. The fourth-order valence-electron chi connectivity index (χ4n) is 1.81. The highest BCUT2D eigenvalue weighted by Crippen LogP contribution is 2.40. The van der Waals surface area contributed by atoms with Gasteiger partial charge in [-0.25, -0.2) is 4.98 Å². The van der Waals surface area contributed by atoms with Crippen LogP contribution in [-0.4, -0.2) is 22.0 Å². The van der Waals surface area contributed by atoms with Crippen molar-refractivity contribution in [1.82, 2.24) is 14.9 Å². The Balaban J connectivity index is 1.78. The molecular formula is C11H14N4O. The van der Waals surface area contributed by atoms with E-state index >= 15 is 0 Å². The lowest BCUT2D eigenvalue weighted by atomic mass is 9.69. The van der Waals surface area contributed by atoms with Gasteiger partial charge >= 0.3 is 0 Å². The zero-order valence-electron chi connectivity index (χ0n) is 9.02. The number of imidazole rings is 1. The summed E-state index contributed by atoms with van der Waals surface area (Å²) in [5.74, 6) is -0.124. The number of amides is 1. The van der Waals surface area contributed by atoms with Gasteiger partial charge in [0.05, 0.1) is 12.4 Å². The summed E-state index contributed by atoms with van der Waals surface area (Å²) in [6.45, 7) is 1.23. The van der Waals surface area contributed by atoms with Crippen molar-refractivity contribution in [3.63, 3.8) is 0 Å². The molecule has 0 aromatic carbocycles. The quantitative estimate of drug-likeness (QED) is 0.808. The van der Waals surface area contributed by atoms with Crippen LogP contribution in [-0.2, 0) is 11.3 Å². The molecule has 0 radical (unpaired) electrons.